The fraction of sp³-hybridized carbons (Fsp3) is 0.375. The molecule has 3 N–H and O–H groups in total. The second kappa shape index (κ2) is 6.49. The summed E-state index contributed by atoms with van der Waals surface area (Å²) in [5.41, 5.74) is 12.7. The van der Waals surface area contributed by atoms with Crippen molar-refractivity contribution in [2.75, 3.05) is 0 Å². The van der Waals surface area contributed by atoms with Crippen LogP contribution in [0.4, 0.5) is 0 Å². The van der Waals surface area contributed by atoms with Gasteiger partial charge in [0.25, 0.3) is 0 Å². The first-order valence-corrected chi connectivity index (χ1v) is 10.2. The number of hydrogen-bond donors (Lipinski definition) is 2. The first-order valence-electron chi connectivity index (χ1n) is 10.2. The van der Waals surface area contributed by atoms with Gasteiger partial charge in [0.05, 0.1) is 0 Å². The smallest absolute Gasteiger partial charge is 0.248 e. The van der Waals surface area contributed by atoms with E-state index >= 15 is 0 Å². The number of piperidine rings is 1. The van der Waals surface area contributed by atoms with Gasteiger partial charge in [0, 0.05) is 41.3 Å². The highest BCUT2D eigenvalue weighted by Gasteiger charge is 2.46. The van der Waals surface area contributed by atoms with Crippen molar-refractivity contribution >= 4 is 16.8 Å². The van der Waals surface area contributed by atoms with Crippen LogP contribution in [0.5, 0.6) is 0 Å². The van der Waals surface area contributed by atoms with Crippen LogP contribution in [0.1, 0.15) is 57.9 Å². The number of aromatic amines is 1. The van der Waals surface area contributed by atoms with Gasteiger partial charge in [-0.1, -0.05) is 18.2 Å². The number of hydrogen-bond acceptors (Lipinski definition) is 2. The average Bonchev–Trinajstić information content (AvgIpc) is 3.41. The third kappa shape index (κ3) is 2.67. The van der Waals surface area contributed by atoms with Gasteiger partial charge in [0.15, 0.2) is 0 Å². The zero-order valence-electron chi connectivity index (χ0n) is 16.5. The maximum Gasteiger partial charge on any atom is 0.248 e. The van der Waals surface area contributed by atoms with Crippen molar-refractivity contribution in [3.05, 3.63) is 70.4 Å². The van der Waals surface area contributed by atoms with Crippen LogP contribution in [-0.4, -0.2) is 21.8 Å². The average molecular weight is 374 g/mol. The van der Waals surface area contributed by atoms with Gasteiger partial charge in [0.1, 0.15) is 0 Å². The van der Waals surface area contributed by atoms with E-state index in [1.807, 2.05) is 12.1 Å². The van der Waals surface area contributed by atoms with Gasteiger partial charge in [-0.3, -0.25) is 9.69 Å². The van der Waals surface area contributed by atoms with Crippen molar-refractivity contribution in [3.8, 4) is 0 Å². The van der Waals surface area contributed by atoms with Crippen LogP contribution >= 0.6 is 0 Å². The minimum atomic E-state index is -0.360. The molecule has 2 aromatic carbocycles. The molecule has 1 aliphatic heterocycles. The monoisotopic (exact) mass is 373 g/mol. The summed E-state index contributed by atoms with van der Waals surface area (Å²) in [6, 6.07) is 13.6. The van der Waals surface area contributed by atoms with E-state index in [0.29, 0.717) is 23.6 Å². The lowest BCUT2D eigenvalue weighted by atomic mass is 9.90. The molecule has 2 aliphatic rings. The van der Waals surface area contributed by atoms with Gasteiger partial charge < -0.3 is 10.7 Å². The molecule has 2 bridgehead atoms. The van der Waals surface area contributed by atoms with Crippen LogP contribution in [-0.2, 0) is 6.54 Å². The van der Waals surface area contributed by atoms with E-state index in [0.717, 1.165) is 6.54 Å². The molecular formula is C24H27N3O. The molecule has 144 valence electrons. The Morgan fingerprint density at radius 1 is 1.14 bits per heavy atom. The molecular weight excluding hydrogens is 346 g/mol. The van der Waals surface area contributed by atoms with E-state index in [1.165, 1.54) is 52.4 Å². The molecule has 3 aromatic rings. The molecule has 4 heteroatoms. The lowest BCUT2D eigenvalue weighted by molar-refractivity contribution is 0.1000. The number of H-pyrrole nitrogens is 1. The topological polar surface area (TPSA) is 62.1 Å². The number of benzene rings is 2. The molecule has 2 unspecified atom stereocenters. The fourth-order valence-corrected chi connectivity index (χ4v) is 5.65. The lowest BCUT2D eigenvalue weighted by Gasteiger charge is -2.36. The molecule has 1 aliphatic carbocycles. The normalized spacial score (nSPS) is 24.3. The van der Waals surface area contributed by atoms with E-state index in [-0.39, 0.29) is 5.91 Å². The third-order valence-electron chi connectivity index (χ3n) is 6.97. The summed E-state index contributed by atoms with van der Waals surface area (Å²) in [5, 5.41) is 1.35. The van der Waals surface area contributed by atoms with Crippen LogP contribution in [0.3, 0.4) is 0 Å². The SMILES string of the molecule is Cc1cc(C)c2[nH]ccc2c1CN1C2CCC(C2)[C@@H]1c1ccc(C(N)=O)cc1. The molecule has 28 heavy (non-hydrogen) atoms. The van der Waals surface area contributed by atoms with E-state index in [4.69, 9.17) is 5.73 Å². The predicted molar refractivity (Wildman–Crippen MR) is 112 cm³/mol. The maximum atomic E-state index is 11.4. The summed E-state index contributed by atoms with van der Waals surface area (Å²) in [6.07, 6.45) is 5.93. The molecule has 0 spiro atoms. The summed E-state index contributed by atoms with van der Waals surface area (Å²) in [6.45, 7) is 5.39. The van der Waals surface area contributed by atoms with Crippen molar-refractivity contribution in [1.82, 2.24) is 9.88 Å². The number of likely N-dealkylation sites (tertiary alicyclic amines) is 1. The molecule has 1 saturated carbocycles. The molecule has 0 radical (unpaired) electrons. The first kappa shape index (κ1) is 17.5. The number of primary amides is 1. The minimum absolute atomic E-state index is 0.360. The largest absolute Gasteiger partial charge is 0.366 e. The summed E-state index contributed by atoms with van der Waals surface area (Å²) < 4.78 is 0. The highest BCUT2D eigenvalue weighted by atomic mass is 16.1. The van der Waals surface area contributed by atoms with Gasteiger partial charge in [0.2, 0.25) is 5.91 Å². The minimum Gasteiger partial charge on any atom is -0.366 e. The molecule has 2 fully saturated rings. The molecule has 1 amide bonds. The molecule has 3 atom stereocenters. The second-order valence-electron chi connectivity index (χ2n) is 8.59. The Labute approximate surface area is 165 Å². The number of nitrogens with one attached hydrogen (secondary N) is 1. The van der Waals surface area contributed by atoms with Gasteiger partial charge >= 0.3 is 0 Å². The Bertz CT molecular complexity index is 1050. The van der Waals surface area contributed by atoms with Crippen LogP contribution in [0.2, 0.25) is 0 Å². The number of nitrogens with two attached hydrogens (primary N) is 1. The quantitative estimate of drug-likeness (QED) is 0.701. The summed E-state index contributed by atoms with van der Waals surface area (Å²) in [5.74, 6) is 0.346. The number of carbonyl (C=O) groups is 1. The Morgan fingerprint density at radius 3 is 2.68 bits per heavy atom. The molecule has 1 aromatic heterocycles. The van der Waals surface area contributed by atoms with E-state index in [2.05, 4.69) is 54.2 Å². The number of aryl methyl sites for hydroxylation is 2. The number of fused-ring (bicyclic) bond motifs is 3. The Hall–Kier alpha value is -2.59. The lowest BCUT2D eigenvalue weighted by Crippen LogP contribution is -2.35. The number of nitrogens with zero attached hydrogens (tertiary/aromatic N) is 1. The van der Waals surface area contributed by atoms with Crippen molar-refractivity contribution in [2.45, 2.75) is 51.7 Å². The van der Waals surface area contributed by atoms with Gasteiger partial charge in [-0.15, -0.1) is 0 Å². The van der Waals surface area contributed by atoms with Crippen molar-refractivity contribution in [2.24, 2.45) is 11.7 Å². The van der Waals surface area contributed by atoms with E-state index in [9.17, 15) is 4.79 Å². The Balaban J connectivity index is 1.52. The van der Waals surface area contributed by atoms with Crippen molar-refractivity contribution in [1.29, 1.82) is 0 Å². The summed E-state index contributed by atoms with van der Waals surface area (Å²) in [4.78, 5) is 17.6. The maximum absolute atomic E-state index is 11.4. The van der Waals surface area contributed by atoms with E-state index in [1.54, 1.807) is 0 Å². The second-order valence-corrected chi connectivity index (χ2v) is 8.59. The van der Waals surface area contributed by atoms with Crippen LogP contribution in [0.25, 0.3) is 10.9 Å². The number of amides is 1. The molecule has 2 heterocycles. The zero-order chi connectivity index (χ0) is 19.4. The summed E-state index contributed by atoms with van der Waals surface area (Å²) in [7, 11) is 0. The Morgan fingerprint density at radius 2 is 1.93 bits per heavy atom. The van der Waals surface area contributed by atoms with Crippen LogP contribution in [0, 0.1) is 19.8 Å². The van der Waals surface area contributed by atoms with Crippen LogP contribution < -0.4 is 5.73 Å². The van der Waals surface area contributed by atoms with Crippen molar-refractivity contribution in [3.63, 3.8) is 0 Å². The van der Waals surface area contributed by atoms with Crippen molar-refractivity contribution < 1.29 is 4.79 Å². The number of aromatic nitrogens is 1. The van der Waals surface area contributed by atoms with Gasteiger partial charge in [-0.25, -0.2) is 0 Å². The highest BCUT2D eigenvalue weighted by Crippen LogP contribution is 2.51. The molecule has 1 saturated heterocycles. The highest BCUT2D eigenvalue weighted by molar-refractivity contribution is 5.92. The van der Waals surface area contributed by atoms with Crippen LogP contribution in [0.15, 0.2) is 42.6 Å². The zero-order valence-corrected chi connectivity index (χ0v) is 16.5. The molecule has 5 rings (SSSR count). The van der Waals surface area contributed by atoms with E-state index < -0.39 is 0 Å². The third-order valence-corrected chi connectivity index (χ3v) is 6.97. The van der Waals surface area contributed by atoms with Gasteiger partial charge in [-0.05, 0) is 79.5 Å². The molecule has 4 nitrogen and oxygen atoms in total. The van der Waals surface area contributed by atoms with Gasteiger partial charge in [-0.2, -0.15) is 0 Å². The number of rotatable bonds is 4. The fourth-order valence-electron chi connectivity index (χ4n) is 5.65. The Kier molecular flexibility index (Phi) is 4.06. The first-order chi connectivity index (χ1) is 13.5. The number of carbonyl (C=O) groups excluding carboxylic acids is 1. The standard InChI is InChI=1S/C24H27N3O/c1-14-11-15(2)22-20(9-10-26-22)21(14)13-27-19-8-7-18(12-19)23(27)16-3-5-17(6-4-16)24(25)28/h3-6,9-11,18-19,23,26H,7-8,12-13H2,1-2H3,(H2,25,28)/t18?,19?,23-/m0/s1. The summed E-state index contributed by atoms with van der Waals surface area (Å²) >= 11 is 0. The predicted octanol–water partition coefficient (Wildman–Crippen LogP) is 4.61.